The summed E-state index contributed by atoms with van der Waals surface area (Å²) in [6, 6.07) is 18.1. The second kappa shape index (κ2) is 14.7. The van der Waals surface area contributed by atoms with Crippen LogP contribution in [0.4, 0.5) is 15.8 Å². The van der Waals surface area contributed by atoms with Gasteiger partial charge in [-0.15, -0.1) is 10.8 Å². The summed E-state index contributed by atoms with van der Waals surface area (Å²) in [5, 5.41) is 20.6. The van der Waals surface area contributed by atoms with E-state index in [1.54, 1.807) is 41.7 Å². The first kappa shape index (κ1) is 31.6. The molecule has 11 heteroatoms. The van der Waals surface area contributed by atoms with E-state index in [1.807, 2.05) is 31.2 Å². The summed E-state index contributed by atoms with van der Waals surface area (Å²) >= 11 is 0. The van der Waals surface area contributed by atoms with Gasteiger partial charge in [0, 0.05) is 37.4 Å². The lowest BCUT2D eigenvalue weighted by Gasteiger charge is -2.47. The number of benzene rings is 3. The van der Waals surface area contributed by atoms with E-state index in [9.17, 15) is 23.4 Å². The van der Waals surface area contributed by atoms with Gasteiger partial charge in [-0.25, -0.2) is 4.39 Å². The van der Waals surface area contributed by atoms with E-state index >= 15 is 0 Å². The Labute approximate surface area is 248 Å². The molecule has 9 nitrogen and oxygen atoms in total. The lowest BCUT2D eigenvalue weighted by molar-refractivity contribution is 0.0830. The Kier molecular flexibility index (Phi) is 11.1. The first-order valence-corrected chi connectivity index (χ1v) is 15.9. The van der Waals surface area contributed by atoms with Gasteiger partial charge in [-0.05, 0) is 79.8 Å². The zero-order valence-electron chi connectivity index (χ0n) is 24.1. The van der Waals surface area contributed by atoms with Crippen LogP contribution in [0.15, 0.2) is 66.7 Å². The van der Waals surface area contributed by atoms with Crippen LogP contribution in [-0.4, -0.2) is 64.8 Å². The largest absolute Gasteiger partial charge is 0.497 e. The third-order valence-corrected chi connectivity index (χ3v) is 9.11. The molecule has 0 aromatic heterocycles. The number of nitrogens with one attached hydrogen (secondary N) is 3. The minimum Gasteiger partial charge on any atom is -0.497 e. The standard InChI is InChI=1S/C31H41FN4O5S/c1-3-34-26-17-24(18-27(19-26)36-12-4-5-13-42(36,39)40)31(38)35-29(16-22-8-6-10-25(32)14-22)30(37)21-33-20-23-9-7-11-28(15-23)41-2/h6-11,14-15,17-19,29-30,33-34,37,39-40H,3-5,12-13,16,20-21H2,1-2H3,(H,35,38). The Bertz CT molecular complexity index is 1340. The molecule has 0 radical (unpaired) electrons. The fourth-order valence-corrected chi connectivity index (χ4v) is 6.72. The molecular weight excluding hydrogens is 559 g/mol. The van der Waals surface area contributed by atoms with E-state index in [1.165, 1.54) is 12.1 Å². The molecule has 0 saturated carbocycles. The molecule has 2 atom stereocenters. The molecule has 1 aliphatic rings. The Balaban J connectivity index is 1.54. The molecule has 2 unspecified atom stereocenters. The number of aliphatic hydroxyl groups is 1. The van der Waals surface area contributed by atoms with Crippen LogP contribution in [0.1, 0.15) is 41.3 Å². The van der Waals surface area contributed by atoms with Crippen molar-refractivity contribution in [2.75, 3.05) is 42.1 Å². The molecule has 3 aromatic rings. The second-order valence-corrected chi connectivity index (χ2v) is 12.5. The molecule has 1 fully saturated rings. The smallest absolute Gasteiger partial charge is 0.251 e. The van der Waals surface area contributed by atoms with Gasteiger partial charge in [0.25, 0.3) is 5.91 Å². The summed E-state index contributed by atoms with van der Waals surface area (Å²) in [7, 11) is -1.39. The van der Waals surface area contributed by atoms with Crippen molar-refractivity contribution in [1.29, 1.82) is 0 Å². The molecule has 1 heterocycles. The molecule has 228 valence electrons. The topological polar surface area (TPSA) is 126 Å². The Morgan fingerprint density at radius 3 is 2.60 bits per heavy atom. The van der Waals surface area contributed by atoms with Crippen molar-refractivity contribution < 1.29 is 28.1 Å². The normalized spacial score (nSPS) is 16.8. The Morgan fingerprint density at radius 1 is 1.07 bits per heavy atom. The minimum atomic E-state index is -2.99. The van der Waals surface area contributed by atoms with Crippen LogP contribution >= 0.6 is 10.8 Å². The molecule has 4 rings (SSSR count). The summed E-state index contributed by atoms with van der Waals surface area (Å²) in [5.41, 5.74) is 3.13. The molecule has 1 saturated heterocycles. The van der Waals surface area contributed by atoms with Crippen LogP contribution in [0.5, 0.6) is 5.75 Å². The van der Waals surface area contributed by atoms with Gasteiger partial charge in [-0.3, -0.25) is 18.2 Å². The monoisotopic (exact) mass is 600 g/mol. The zero-order chi connectivity index (χ0) is 30.1. The third-order valence-electron chi connectivity index (χ3n) is 7.17. The average molecular weight is 601 g/mol. The number of hydrogen-bond donors (Lipinski definition) is 6. The van der Waals surface area contributed by atoms with Crippen molar-refractivity contribution in [3.05, 3.63) is 89.2 Å². The van der Waals surface area contributed by atoms with Crippen LogP contribution in [0.25, 0.3) is 0 Å². The summed E-state index contributed by atoms with van der Waals surface area (Å²) < 4.78 is 42.2. The highest BCUT2D eigenvalue weighted by Crippen LogP contribution is 2.50. The summed E-state index contributed by atoms with van der Waals surface area (Å²) in [5.74, 6) is 0.186. The highest BCUT2D eigenvalue weighted by molar-refractivity contribution is 8.25. The SMILES string of the molecule is CCNc1cc(C(=O)NC(Cc2cccc(F)c2)C(O)CNCc2cccc(OC)c2)cc(N2CCCCS2(O)O)c1. The van der Waals surface area contributed by atoms with Gasteiger partial charge in [-0.2, -0.15) is 0 Å². The number of anilines is 2. The number of methoxy groups -OCH3 is 1. The predicted octanol–water partition coefficient (Wildman–Crippen LogP) is 5.02. The number of ether oxygens (including phenoxy) is 1. The van der Waals surface area contributed by atoms with E-state index in [0.29, 0.717) is 42.1 Å². The number of halogens is 1. The van der Waals surface area contributed by atoms with Crippen molar-refractivity contribution >= 4 is 28.1 Å². The number of carbonyl (C=O) groups is 1. The van der Waals surface area contributed by atoms with E-state index < -0.39 is 34.6 Å². The molecule has 3 aromatic carbocycles. The first-order chi connectivity index (χ1) is 20.2. The van der Waals surface area contributed by atoms with Crippen LogP contribution in [0.2, 0.25) is 0 Å². The van der Waals surface area contributed by atoms with Crippen LogP contribution in [0, 0.1) is 5.82 Å². The maximum Gasteiger partial charge on any atom is 0.251 e. The van der Waals surface area contributed by atoms with Gasteiger partial charge in [-0.1, -0.05) is 24.3 Å². The molecule has 1 aliphatic heterocycles. The molecule has 42 heavy (non-hydrogen) atoms. The van der Waals surface area contributed by atoms with Gasteiger partial charge >= 0.3 is 0 Å². The highest BCUT2D eigenvalue weighted by Gasteiger charge is 2.28. The number of nitrogens with zero attached hydrogens (tertiary/aromatic N) is 1. The zero-order valence-corrected chi connectivity index (χ0v) is 24.9. The summed E-state index contributed by atoms with van der Waals surface area (Å²) in [6.07, 6.45) is 0.754. The quantitative estimate of drug-likeness (QED) is 0.162. The highest BCUT2D eigenvalue weighted by atomic mass is 32.3. The van der Waals surface area contributed by atoms with Crippen molar-refractivity contribution in [3.8, 4) is 5.75 Å². The maximum absolute atomic E-state index is 14.0. The van der Waals surface area contributed by atoms with Gasteiger partial charge in [0.15, 0.2) is 0 Å². The van der Waals surface area contributed by atoms with Crippen LogP contribution in [0.3, 0.4) is 0 Å². The van der Waals surface area contributed by atoms with E-state index in [-0.39, 0.29) is 18.7 Å². The number of aliphatic hydroxyl groups excluding tert-OH is 1. The Hall–Kier alpha value is -3.35. The second-order valence-electron chi connectivity index (χ2n) is 10.4. The van der Waals surface area contributed by atoms with Gasteiger partial charge in [0.1, 0.15) is 11.6 Å². The number of hydrogen-bond acceptors (Lipinski definition) is 8. The lowest BCUT2D eigenvalue weighted by Crippen LogP contribution is -2.48. The van der Waals surface area contributed by atoms with E-state index in [4.69, 9.17) is 4.74 Å². The van der Waals surface area contributed by atoms with E-state index in [2.05, 4.69) is 16.0 Å². The lowest BCUT2D eigenvalue weighted by atomic mass is 10.00. The summed E-state index contributed by atoms with van der Waals surface area (Å²) in [6.45, 7) is 3.67. The fourth-order valence-electron chi connectivity index (χ4n) is 5.04. The summed E-state index contributed by atoms with van der Waals surface area (Å²) in [4.78, 5) is 13.6. The van der Waals surface area contributed by atoms with Gasteiger partial charge < -0.3 is 25.8 Å². The molecule has 1 amide bonds. The fraction of sp³-hybridized carbons (Fsp3) is 0.387. The molecular formula is C31H41FN4O5S. The molecule has 0 spiro atoms. The molecule has 0 bridgehead atoms. The van der Waals surface area contributed by atoms with Crippen molar-refractivity contribution in [1.82, 2.24) is 10.6 Å². The minimum absolute atomic E-state index is 0.175. The van der Waals surface area contributed by atoms with E-state index in [0.717, 1.165) is 24.2 Å². The van der Waals surface area contributed by atoms with Gasteiger partial charge in [0.2, 0.25) is 0 Å². The molecule has 6 N–H and O–H groups in total. The third kappa shape index (κ3) is 8.59. The van der Waals surface area contributed by atoms with Crippen molar-refractivity contribution in [2.45, 2.75) is 44.9 Å². The maximum atomic E-state index is 14.0. The number of rotatable bonds is 13. The number of carbonyl (C=O) groups excluding carboxylic acids is 1. The molecule has 0 aliphatic carbocycles. The number of amides is 1. The van der Waals surface area contributed by atoms with Crippen molar-refractivity contribution in [3.63, 3.8) is 0 Å². The van der Waals surface area contributed by atoms with Crippen LogP contribution < -0.4 is 25.0 Å². The predicted molar refractivity (Wildman–Crippen MR) is 167 cm³/mol. The van der Waals surface area contributed by atoms with Gasteiger partial charge in [0.05, 0.1) is 30.7 Å². The van der Waals surface area contributed by atoms with Crippen LogP contribution in [-0.2, 0) is 13.0 Å². The average Bonchev–Trinajstić information content (AvgIpc) is 2.96. The first-order valence-electron chi connectivity index (χ1n) is 14.2. The van der Waals surface area contributed by atoms with Crippen molar-refractivity contribution in [2.24, 2.45) is 0 Å². The Morgan fingerprint density at radius 2 is 1.86 bits per heavy atom.